The third kappa shape index (κ3) is 3.25. The molecule has 102 valence electrons. The van der Waals surface area contributed by atoms with Crippen LogP contribution in [0.1, 0.15) is 26.7 Å². The molecule has 2 aromatic rings. The molecule has 0 saturated heterocycles. The molecular formula is C13H16N2O2S2. The predicted octanol–water partition coefficient (Wildman–Crippen LogP) is 2.94. The van der Waals surface area contributed by atoms with Crippen molar-refractivity contribution in [3.63, 3.8) is 0 Å². The van der Waals surface area contributed by atoms with Crippen LogP contribution in [-0.2, 0) is 11.3 Å². The molecule has 0 radical (unpaired) electrons. The fraction of sp³-hybridized carbons (Fsp3) is 0.462. The molecule has 2 rings (SSSR count). The van der Waals surface area contributed by atoms with Crippen molar-refractivity contribution in [3.05, 3.63) is 21.8 Å². The molecule has 0 aromatic carbocycles. The number of hydrogen-bond acceptors (Lipinski definition) is 5. The highest BCUT2D eigenvalue weighted by atomic mass is 32.2. The largest absolute Gasteiger partial charge is 0.300 e. The number of carbonyl (C=O) groups excluding carboxylic acids is 1. The molecule has 2 heterocycles. The number of Topliss-reactive ketones (excluding diaryl/α,β-unsaturated/α-hetero) is 1. The van der Waals surface area contributed by atoms with Crippen molar-refractivity contribution in [2.75, 3.05) is 5.75 Å². The van der Waals surface area contributed by atoms with E-state index in [-0.39, 0.29) is 11.3 Å². The standard InChI is InChI=1S/C13H16N2O2S2/c1-3-15-12(17)11-10(6-8-18-11)14-13(15)19-7-4-5-9(2)16/h6,8H,3-5,7H2,1-2H3. The fourth-order valence-electron chi connectivity index (χ4n) is 1.80. The van der Waals surface area contributed by atoms with Crippen molar-refractivity contribution >= 4 is 39.1 Å². The van der Waals surface area contributed by atoms with Gasteiger partial charge in [0.15, 0.2) is 5.16 Å². The van der Waals surface area contributed by atoms with Gasteiger partial charge in [-0.2, -0.15) is 0 Å². The summed E-state index contributed by atoms with van der Waals surface area (Å²) in [6.07, 6.45) is 1.41. The summed E-state index contributed by atoms with van der Waals surface area (Å²) in [6.45, 7) is 4.17. The minimum absolute atomic E-state index is 0.0385. The van der Waals surface area contributed by atoms with Crippen molar-refractivity contribution in [1.29, 1.82) is 0 Å². The smallest absolute Gasteiger partial charge is 0.272 e. The van der Waals surface area contributed by atoms with Gasteiger partial charge >= 0.3 is 0 Å². The average molecular weight is 296 g/mol. The Bertz CT molecular complexity index is 646. The van der Waals surface area contributed by atoms with E-state index in [4.69, 9.17) is 0 Å². The van der Waals surface area contributed by atoms with Gasteiger partial charge in [0.05, 0.1) is 5.52 Å². The highest BCUT2D eigenvalue weighted by Crippen LogP contribution is 2.21. The Balaban J connectivity index is 2.21. The summed E-state index contributed by atoms with van der Waals surface area (Å²) in [7, 11) is 0. The molecule has 0 fully saturated rings. The highest BCUT2D eigenvalue weighted by molar-refractivity contribution is 7.99. The SMILES string of the molecule is CCn1c(SCCCC(C)=O)nc2ccsc2c1=O. The summed E-state index contributed by atoms with van der Waals surface area (Å²) in [5.74, 6) is 1.01. The minimum Gasteiger partial charge on any atom is -0.300 e. The molecule has 0 aliphatic carbocycles. The molecule has 2 aromatic heterocycles. The number of carbonyl (C=O) groups is 1. The van der Waals surface area contributed by atoms with Gasteiger partial charge in [-0.1, -0.05) is 11.8 Å². The summed E-state index contributed by atoms with van der Waals surface area (Å²) < 4.78 is 2.42. The lowest BCUT2D eigenvalue weighted by atomic mass is 10.3. The fourth-order valence-corrected chi connectivity index (χ4v) is 3.58. The Hall–Kier alpha value is -1.14. The van der Waals surface area contributed by atoms with Gasteiger partial charge in [-0.05, 0) is 31.7 Å². The number of thioether (sulfide) groups is 1. The van der Waals surface area contributed by atoms with Crippen LogP contribution in [0.5, 0.6) is 0 Å². The van der Waals surface area contributed by atoms with Crippen LogP contribution in [0.15, 0.2) is 21.4 Å². The molecule has 0 N–H and O–H groups in total. The molecule has 0 atom stereocenters. The van der Waals surface area contributed by atoms with Gasteiger partial charge in [0.25, 0.3) is 5.56 Å². The summed E-state index contributed by atoms with van der Waals surface area (Å²) >= 11 is 2.98. The maximum Gasteiger partial charge on any atom is 0.272 e. The summed E-state index contributed by atoms with van der Waals surface area (Å²) in [5, 5.41) is 2.64. The lowest BCUT2D eigenvalue weighted by Crippen LogP contribution is -2.21. The maximum atomic E-state index is 12.2. The van der Waals surface area contributed by atoms with Gasteiger partial charge in [0.2, 0.25) is 0 Å². The molecule has 0 spiro atoms. The minimum atomic E-state index is 0.0385. The van der Waals surface area contributed by atoms with E-state index in [1.54, 1.807) is 23.3 Å². The first-order valence-electron chi connectivity index (χ1n) is 6.23. The first-order valence-corrected chi connectivity index (χ1v) is 8.10. The third-order valence-corrected chi connectivity index (χ3v) is 4.71. The quantitative estimate of drug-likeness (QED) is 0.467. The predicted molar refractivity (Wildman–Crippen MR) is 80.2 cm³/mol. The van der Waals surface area contributed by atoms with Crippen LogP contribution in [0.3, 0.4) is 0 Å². The van der Waals surface area contributed by atoms with Gasteiger partial charge in [-0.15, -0.1) is 11.3 Å². The molecule has 0 bridgehead atoms. The van der Waals surface area contributed by atoms with Crippen LogP contribution >= 0.6 is 23.1 Å². The summed E-state index contributed by atoms with van der Waals surface area (Å²) in [5.41, 5.74) is 0.810. The van der Waals surface area contributed by atoms with Gasteiger partial charge < -0.3 is 4.79 Å². The Morgan fingerprint density at radius 2 is 2.32 bits per heavy atom. The monoisotopic (exact) mass is 296 g/mol. The number of fused-ring (bicyclic) bond motifs is 1. The molecule has 19 heavy (non-hydrogen) atoms. The zero-order valence-electron chi connectivity index (χ0n) is 11.0. The Kier molecular flexibility index (Phi) is 4.76. The first kappa shape index (κ1) is 14.3. The Labute approximate surface area is 119 Å². The van der Waals surface area contributed by atoms with Crippen molar-refractivity contribution in [1.82, 2.24) is 9.55 Å². The van der Waals surface area contributed by atoms with Crippen LogP contribution in [-0.4, -0.2) is 21.1 Å². The molecule has 0 saturated carbocycles. The molecule has 4 nitrogen and oxygen atoms in total. The lowest BCUT2D eigenvalue weighted by molar-refractivity contribution is -0.117. The van der Waals surface area contributed by atoms with Crippen LogP contribution < -0.4 is 5.56 Å². The zero-order valence-corrected chi connectivity index (χ0v) is 12.6. The second-order valence-electron chi connectivity index (χ2n) is 4.23. The number of thiophene rings is 1. The second-order valence-corrected chi connectivity index (χ2v) is 6.21. The average Bonchev–Trinajstić information content (AvgIpc) is 2.83. The molecule has 6 heteroatoms. The Morgan fingerprint density at radius 1 is 1.53 bits per heavy atom. The third-order valence-electron chi connectivity index (χ3n) is 2.75. The van der Waals surface area contributed by atoms with Gasteiger partial charge in [0, 0.05) is 18.7 Å². The highest BCUT2D eigenvalue weighted by Gasteiger charge is 2.11. The van der Waals surface area contributed by atoms with Crippen molar-refractivity contribution in [2.24, 2.45) is 0 Å². The van der Waals surface area contributed by atoms with Gasteiger partial charge in [-0.25, -0.2) is 4.98 Å². The lowest BCUT2D eigenvalue weighted by Gasteiger charge is -2.09. The molecule has 0 aliphatic heterocycles. The topological polar surface area (TPSA) is 52.0 Å². The number of aromatic nitrogens is 2. The van der Waals surface area contributed by atoms with E-state index in [0.717, 1.165) is 27.5 Å². The normalized spacial score (nSPS) is 11.1. The van der Waals surface area contributed by atoms with E-state index in [1.807, 2.05) is 18.4 Å². The maximum absolute atomic E-state index is 12.2. The number of nitrogens with zero attached hydrogens (tertiary/aromatic N) is 2. The first-order chi connectivity index (χ1) is 9.13. The van der Waals surface area contributed by atoms with Crippen molar-refractivity contribution in [2.45, 2.75) is 38.4 Å². The Morgan fingerprint density at radius 3 is 3.00 bits per heavy atom. The van der Waals surface area contributed by atoms with Crippen LogP contribution in [0.4, 0.5) is 0 Å². The zero-order chi connectivity index (χ0) is 13.8. The number of hydrogen-bond donors (Lipinski definition) is 0. The van der Waals surface area contributed by atoms with Crippen molar-refractivity contribution < 1.29 is 4.79 Å². The van der Waals surface area contributed by atoms with Gasteiger partial charge in [0.1, 0.15) is 10.5 Å². The van der Waals surface area contributed by atoms with Crippen molar-refractivity contribution in [3.8, 4) is 0 Å². The molecule has 0 amide bonds. The van der Waals surface area contributed by atoms with Crippen LogP contribution in [0.2, 0.25) is 0 Å². The van der Waals surface area contributed by atoms with E-state index in [2.05, 4.69) is 4.98 Å². The van der Waals surface area contributed by atoms with Crippen LogP contribution in [0, 0.1) is 0 Å². The summed E-state index contributed by atoms with van der Waals surface area (Å²) in [6, 6.07) is 1.88. The summed E-state index contributed by atoms with van der Waals surface area (Å²) in [4.78, 5) is 27.7. The number of ketones is 1. The number of rotatable bonds is 6. The van der Waals surface area contributed by atoms with Gasteiger partial charge in [-0.3, -0.25) is 9.36 Å². The molecule has 0 unspecified atom stereocenters. The molecule has 0 aliphatic rings. The molecular weight excluding hydrogens is 280 g/mol. The van der Waals surface area contributed by atoms with E-state index in [9.17, 15) is 9.59 Å². The van der Waals surface area contributed by atoms with E-state index in [0.29, 0.717) is 13.0 Å². The van der Waals surface area contributed by atoms with E-state index < -0.39 is 0 Å². The van der Waals surface area contributed by atoms with E-state index >= 15 is 0 Å². The second kappa shape index (κ2) is 6.34. The van der Waals surface area contributed by atoms with Crippen LogP contribution in [0.25, 0.3) is 10.2 Å². The van der Waals surface area contributed by atoms with E-state index in [1.165, 1.54) is 11.3 Å².